The van der Waals surface area contributed by atoms with Gasteiger partial charge in [-0.15, -0.1) is 0 Å². The fourth-order valence-corrected chi connectivity index (χ4v) is 6.38. The predicted molar refractivity (Wildman–Crippen MR) is 125 cm³/mol. The Hall–Kier alpha value is -2.14. The summed E-state index contributed by atoms with van der Waals surface area (Å²) in [6.45, 7) is 4.02. The van der Waals surface area contributed by atoms with Crippen molar-refractivity contribution in [2.24, 2.45) is 0 Å². The molecule has 2 aromatic carbocycles. The molecule has 1 fully saturated rings. The second-order valence-electron chi connectivity index (χ2n) is 7.75. The number of nitrogens with zero attached hydrogens (tertiary/aromatic N) is 3. The van der Waals surface area contributed by atoms with E-state index in [0.717, 1.165) is 16.1 Å². The van der Waals surface area contributed by atoms with E-state index in [9.17, 15) is 21.6 Å². The van der Waals surface area contributed by atoms with Crippen LogP contribution in [0.25, 0.3) is 0 Å². The van der Waals surface area contributed by atoms with Crippen molar-refractivity contribution >= 4 is 43.2 Å². The molecular weight excluding hydrogens is 474 g/mol. The van der Waals surface area contributed by atoms with Crippen LogP contribution in [0.15, 0.2) is 53.4 Å². The summed E-state index contributed by atoms with van der Waals surface area (Å²) in [5.41, 5.74) is 1.29. The van der Waals surface area contributed by atoms with Crippen LogP contribution in [0.2, 0.25) is 5.02 Å². The van der Waals surface area contributed by atoms with Gasteiger partial charge in [0.1, 0.15) is 6.04 Å². The van der Waals surface area contributed by atoms with Gasteiger partial charge < -0.3 is 4.90 Å². The van der Waals surface area contributed by atoms with E-state index in [4.69, 9.17) is 11.6 Å². The van der Waals surface area contributed by atoms with Crippen molar-refractivity contribution < 1.29 is 21.6 Å². The van der Waals surface area contributed by atoms with Crippen LogP contribution < -0.4 is 4.31 Å². The molecule has 0 N–H and O–H groups in total. The fraction of sp³-hybridized carbons (Fsp3) is 0.381. The Kier molecular flexibility index (Phi) is 7.18. The quantitative estimate of drug-likeness (QED) is 0.608. The van der Waals surface area contributed by atoms with Gasteiger partial charge in [0.2, 0.25) is 26.0 Å². The number of benzene rings is 2. The SMILES string of the molecule is Cc1ccc(S(=O)(=O)N2CCN(C(=O)C(C)N(c3ccc(Cl)cc3)S(C)(=O)=O)CC2)cc1. The Morgan fingerprint density at radius 1 is 0.938 bits per heavy atom. The number of anilines is 1. The van der Waals surface area contributed by atoms with Gasteiger partial charge in [0.15, 0.2) is 0 Å². The van der Waals surface area contributed by atoms with Gasteiger partial charge in [-0.25, -0.2) is 16.8 Å². The van der Waals surface area contributed by atoms with Crippen molar-refractivity contribution in [3.63, 3.8) is 0 Å². The second kappa shape index (κ2) is 9.38. The van der Waals surface area contributed by atoms with Gasteiger partial charge in [0, 0.05) is 31.2 Å². The molecule has 11 heteroatoms. The Labute approximate surface area is 194 Å². The number of carbonyl (C=O) groups excluding carboxylic acids is 1. The molecule has 0 aromatic heterocycles. The van der Waals surface area contributed by atoms with Crippen LogP contribution in [0, 0.1) is 6.92 Å². The summed E-state index contributed by atoms with van der Waals surface area (Å²) in [7, 11) is -7.41. The van der Waals surface area contributed by atoms with Crippen molar-refractivity contribution in [3.8, 4) is 0 Å². The lowest BCUT2D eigenvalue weighted by Gasteiger charge is -2.37. The molecule has 1 aliphatic rings. The molecule has 2 aromatic rings. The fourth-order valence-electron chi connectivity index (χ4n) is 3.66. The number of hydrogen-bond donors (Lipinski definition) is 0. The highest BCUT2D eigenvalue weighted by Crippen LogP contribution is 2.25. The van der Waals surface area contributed by atoms with Crippen LogP contribution in [0.3, 0.4) is 0 Å². The molecule has 1 aliphatic heterocycles. The third-order valence-electron chi connectivity index (χ3n) is 5.36. The third kappa shape index (κ3) is 5.25. The number of aryl methyl sites for hydroxylation is 1. The number of hydrogen-bond acceptors (Lipinski definition) is 5. The van der Waals surface area contributed by atoms with E-state index in [1.54, 1.807) is 48.5 Å². The lowest BCUT2D eigenvalue weighted by molar-refractivity contribution is -0.133. The van der Waals surface area contributed by atoms with E-state index in [0.29, 0.717) is 10.7 Å². The Morgan fingerprint density at radius 2 is 1.47 bits per heavy atom. The molecule has 0 radical (unpaired) electrons. The first-order valence-corrected chi connectivity index (χ1v) is 13.7. The predicted octanol–water partition coefficient (Wildman–Crippen LogP) is 2.34. The zero-order chi connectivity index (χ0) is 23.7. The summed E-state index contributed by atoms with van der Waals surface area (Å²) < 4.78 is 53.1. The summed E-state index contributed by atoms with van der Waals surface area (Å²) in [6, 6.07) is 11.8. The van der Waals surface area contributed by atoms with Gasteiger partial charge in [-0.05, 0) is 50.2 Å². The molecule has 1 amide bonds. The summed E-state index contributed by atoms with van der Waals surface area (Å²) in [5.74, 6) is -0.391. The van der Waals surface area contributed by atoms with Crippen LogP contribution in [0.4, 0.5) is 5.69 Å². The van der Waals surface area contributed by atoms with Gasteiger partial charge in [-0.3, -0.25) is 9.10 Å². The minimum Gasteiger partial charge on any atom is -0.338 e. The standard InChI is InChI=1S/C21H26ClN3O5S2/c1-16-4-10-20(11-5-16)32(29,30)24-14-12-23(13-15-24)21(26)17(2)25(31(3,27)28)19-8-6-18(22)7-9-19/h4-11,17H,12-15H2,1-3H3. The number of piperazine rings is 1. The Morgan fingerprint density at radius 3 is 1.97 bits per heavy atom. The molecule has 32 heavy (non-hydrogen) atoms. The Bertz CT molecular complexity index is 1170. The van der Waals surface area contributed by atoms with E-state index < -0.39 is 32.0 Å². The summed E-state index contributed by atoms with van der Waals surface area (Å²) in [5, 5.41) is 0.451. The lowest BCUT2D eigenvalue weighted by atomic mass is 10.2. The molecule has 8 nitrogen and oxygen atoms in total. The molecule has 174 valence electrons. The van der Waals surface area contributed by atoms with Crippen LogP contribution in [-0.4, -0.2) is 70.4 Å². The lowest BCUT2D eigenvalue weighted by Crippen LogP contribution is -2.56. The number of halogens is 1. The average Bonchev–Trinajstić information content (AvgIpc) is 2.74. The van der Waals surface area contributed by atoms with Gasteiger partial charge in [-0.1, -0.05) is 29.3 Å². The van der Waals surface area contributed by atoms with E-state index in [1.165, 1.54) is 16.1 Å². The molecule has 0 bridgehead atoms. The zero-order valence-electron chi connectivity index (χ0n) is 18.1. The zero-order valence-corrected chi connectivity index (χ0v) is 20.5. The maximum Gasteiger partial charge on any atom is 0.246 e. The minimum atomic E-state index is -3.75. The van der Waals surface area contributed by atoms with Gasteiger partial charge in [0.05, 0.1) is 16.8 Å². The normalized spacial score (nSPS) is 16.6. The molecule has 0 saturated carbocycles. The Balaban J connectivity index is 1.73. The largest absolute Gasteiger partial charge is 0.338 e. The van der Waals surface area contributed by atoms with E-state index in [2.05, 4.69) is 0 Å². The first-order valence-electron chi connectivity index (χ1n) is 10.0. The summed E-state index contributed by atoms with van der Waals surface area (Å²) >= 11 is 5.90. The number of amides is 1. The molecule has 1 heterocycles. The van der Waals surface area contributed by atoms with E-state index in [-0.39, 0.29) is 31.1 Å². The molecule has 1 atom stereocenters. The van der Waals surface area contributed by atoms with Crippen molar-refractivity contribution in [2.45, 2.75) is 24.8 Å². The van der Waals surface area contributed by atoms with Crippen molar-refractivity contribution in [1.82, 2.24) is 9.21 Å². The summed E-state index contributed by atoms with van der Waals surface area (Å²) in [6.07, 6.45) is 1.04. The topological polar surface area (TPSA) is 95.1 Å². The van der Waals surface area contributed by atoms with Gasteiger partial charge >= 0.3 is 0 Å². The molecule has 3 rings (SSSR count). The van der Waals surface area contributed by atoms with Crippen LogP contribution >= 0.6 is 11.6 Å². The molecule has 1 saturated heterocycles. The monoisotopic (exact) mass is 499 g/mol. The molecule has 1 unspecified atom stereocenters. The molecule has 0 spiro atoms. The number of sulfonamides is 2. The second-order valence-corrected chi connectivity index (χ2v) is 12.0. The van der Waals surface area contributed by atoms with Crippen LogP contribution in [-0.2, 0) is 24.8 Å². The van der Waals surface area contributed by atoms with Gasteiger partial charge in [-0.2, -0.15) is 4.31 Å². The first kappa shape index (κ1) is 24.5. The summed E-state index contributed by atoms with van der Waals surface area (Å²) in [4.78, 5) is 14.8. The first-order chi connectivity index (χ1) is 14.9. The maximum absolute atomic E-state index is 13.1. The van der Waals surface area contributed by atoms with Gasteiger partial charge in [0.25, 0.3) is 0 Å². The highest BCUT2D eigenvalue weighted by Gasteiger charge is 2.35. The smallest absolute Gasteiger partial charge is 0.246 e. The van der Waals surface area contributed by atoms with E-state index >= 15 is 0 Å². The van der Waals surface area contributed by atoms with Crippen LogP contribution in [0.1, 0.15) is 12.5 Å². The minimum absolute atomic E-state index is 0.133. The van der Waals surface area contributed by atoms with Crippen molar-refractivity contribution in [3.05, 3.63) is 59.1 Å². The number of carbonyl (C=O) groups is 1. The van der Waals surface area contributed by atoms with E-state index in [1.807, 2.05) is 6.92 Å². The maximum atomic E-state index is 13.1. The highest BCUT2D eigenvalue weighted by atomic mass is 35.5. The average molecular weight is 500 g/mol. The molecule has 0 aliphatic carbocycles. The van der Waals surface area contributed by atoms with Crippen molar-refractivity contribution in [1.29, 1.82) is 0 Å². The number of rotatable bonds is 6. The molecular formula is C21H26ClN3O5S2. The van der Waals surface area contributed by atoms with Crippen molar-refractivity contribution in [2.75, 3.05) is 36.7 Å². The van der Waals surface area contributed by atoms with Crippen LogP contribution in [0.5, 0.6) is 0 Å². The third-order valence-corrected chi connectivity index (χ3v) is 8.76. The highest BCUT2D eigenvalue weighted by molar-refractivity contribution is 7.92.